The van der Waals surface area contributed by atoms with Crippen LogP contribution in [-0.2, 0) is 18.6 Å². The van der Waals surface area contributed by atoms with Crippen LogP contribution >= 0.6 is 0 Å². The Morgan fingerprint density at radius 2 is 1.62 bits per heavy atom. The Labute approximate surface area is 202 Å². The number of azide groups is 1. The maximum atomic E-state index is 11.0. The largest absolute Gasteiger partial charge is 0.405 e. The molecule has 8 nitrogen and oxygen atoms in total. The van der Waals surface area contributed by atoms with Gasteiger partial charge in [-0.2, -0.15) is 0 Å². The highest BCUT2D eigenvalue weighted by atomic mass is 28.4. The maximum absolute atomic E-state index is 11.0. The summed E-state index contributed by atoms with van der Waals surface area (Å²) in [5.74, 6) is 0. The minimum absolute atomic E-state index is 0.176. The minimum atomic E-state index is -2.81. The van der Waals surface area contributed by atoms with Gasteiger partial charge in [-0.1, -0.05) is 86.5 Å². The van der Waals surface area contributed by atoms with Crippen LogP contribution in [0.1, 0.15) is 27.7 Å². The van der Waals surface area contributed by atoms with Crippen LogP contribution in [0.5, 0.6) is 0 Å². The number of aliphatic hydroxyl groups excluding tert-OH is 1. The molecule has 9 heteroatoms. The van der Waals surface area contributed by atoms with E-state index < -0.39 is 39.0 Å². The van der Waals surface area contributed by atoms with Gasteiger partial charge in [-0.05, 0) is 27.9 Å². The molecule has 0 aromatic heterocycles. The van der Waals surface area contributed by atoms with Gasteiger partial charge in [0.25, 0.3) is 8.32 Å². The van der Waals surface area contributed by atoms with Crippen LogP contribution in [0.4, 0.5) is 0 Å². The Hall–Kier alpha value is -2.23. The first-order chi connectivity index (χ1) is 16.3. The lowest BCUT2D eigenvalue weighted by Gasteiger charge is -2.46. The molecule has 0 aliphatic carbocycles. The molecule has 0 radical (unpaired) electrons. The molecule has 1 saturated heterocycles. The van der Waals surface area contributed by atoms with Crippen molar-refractivity contribution < 1.29 is 23.7 Å². The van der Waals surface area contributed by atoms with Gasteiger partial charge in [0.2, 0.25) is 0 Å². The Kier molecular flexibility index (Phi) is 8.89. The van der Waals surface area contributed by atoms with E-state index in [0.717, 1.165) is 10.4 Å². The topological polar surface area (TPSA) is 106 Å². The Morgan fingerprint density at radius 1 is 1.06 bits per heavy atom. The van der Waals surface area contributed by atoms with Gasteiger partial charge in [0.1, 0.15) is 18.2 Å². The number of aliphatic hydroxyl groups is 1. The zero-order valence-corrected chi connectivity index (χ0v) is 21.5. The fraction of sp³-hybridized carbons (Fsp3) is 0.520. The SMILES string of the molecule is CCOC1OC(CO[Si](c2ccccc2)(c2ccccc2)C(C)(C)C)[C@@H](OC)[C@H](O)C1N=[N+]=[N-]. The van der Waals surface area contributed by atoms with Crippen LogP contribution in [-0.4, -0.2) is 64.4 Å². The maximum Gasteiger partial charge on any atom is 0.261 e. The molecule has 2 aromatic carbocycles. The molecular formula is C25H35N3O5Si. The summed E-state index contributed by atoms with van der Waals surface area (Å²) < 4.78 is 24.4. The van der Waals surface area contributed by atoms with Crippen molar-refractivity contribution in [2.45, 2.75) is 63.4 Å². The standard InChI is InChI=1S/C25H35N3O5Si/c1-6-31-24-21(27-28-26)22(29)23(30-5)20(33-24)17-32-34(25(2,3)4,18-13-9-7-10-14-18)19-15-11-8-12-16-19/h7-16,20-24,29H,6,17H2,1-5H3/t20?,21?,22-,23-,24?/m1/s1. The van der Waals surface area contributed by atoms with E-state index in [1.54, 1.807) is 0 Å². The number of methoxy groups -OCH3 is 1. The average Bonchev–Trinajstić information content (AvgIpc) is 2.82. The minimum Gasteiger partial charge on any atom is -0.405 e. The molecule has 0 bridgehead atoms. The third kappa shape index (κ3) is 5.21. The number of hydrogen-bond donors (Lipinski definition) is 1. The number of benzene rings is 2. The molecule has 1 aliphatic rings. The van der Waals surface area contributed by atoms with Crippen LogP contribution in [0.25, 0.3) is 10.4 Å². The molecule has 1 aliphatic heterocycles. The van der Waals surface area contributed by atoms with Crippen LogP contribution in [0, 0.1) is 0 Å². The summed E-state index contributed by atoms with van der Waals surface area (Å²) in [6.07, 6.45) is -3.36. The van der Waals surface area contributed by atoms with Crippen molar-refractivity contribution in [1.29, 1.82) is 0 Å². The summed E-state index contributed by atoms with van der Waals surface area (Å²) in [6, 6.07) is 19.7. The lowest BCUT2D eigenvalue weighted by molar-refractivity contribution is -0.267. The van der Waals surface area contributed by atoms with Gasteiger partial charge < -0.3 is 23.7 Å². The molecule has 34 heavy (non-hydrogen) atoms. The molecule has 3 unspecified atom stereocenters. The monoisotopic (exact) mass is 485 g/mol. The average molecular weight is 486 g/mol. The van der Waals surface area contributed by atoms with Crippen LogP contribution in [0.15, 0.2) is 65.8 Å². The molecular weight excluding hydrogens is 450 g/mol. The van der Waals surface area contributed by atoms with E-state index in [4.69, 9.17) is 24.2 Å². The zero-order chi connectivity index (χ0) is 24.8. The molecule has 2 aromatic rings. The zero-order valence-electron chi connectivity index (χ0n) is 20.5. The lowest BCUT2D eigenvalue weighted by Crippen LogP contribution is -2.68. The van der Waals surface area contributed by atoms with Gasteiger partial charge in [-0.25, -0.2) is 0 Å². The number of ether oxygens (including phenoxy) is 3. The van der Waals surface area contributed by atoms with E-state index in [2.05, 4.69) is 55.1 Å². The summed E-state index contributed by atoms with van der Waals surface area (Å²) in [5, 5.41) is 16.7. The molecule has 3 rings (SSSR count). The predicted octanol–water partition coefficient (Wildman–Crippen LogP) is 3.38. The van der Waals surface area contributed by atoms with Crippen LogP contribution < -0.4 is 10.4 Å². The molecule has 1 N–H and O–H groups in total. The van der Waals surface area contributed by atoms with E-state index in [0.29, 0.717) is 6.61 Å². The van der Waals surface area contributed by atoms with Crippen molar-refractivity contribution in [2.24, 2.45) is 5.11 Å². The van der Waals surface area contributed by atoms with Crippen molar-refractivity contribution in [3.63, 3.8) is 0 Å². The molecule has 1 fully saturated rings. The first kappa shape index (κ1) is 26.4. The normalized spacial score (nSPS) is 25.5. The summed E-state index contributed by atoms with van der Waals surface area (Å²) in [4.78, 5) is 2.86. The fourth-order valence-electron chi connectivity index (χ4n) is 4.78. The van der Waals surface area contributed by atoms with Crippen molar-refractivity contribution >= 4 is 18.7 Å². The second kappa shape index (κ2) is 11.5. The molecule has 184 valence electrons. The summed E-state index contributed by atoms with van der Waals surface area (Å²) in [7, 11) is -1.31. The highest BCUT2D eigenvalue weighted by molar-refractivity contribution is 6.99. The Bertz CT molecular complexity index is 909. The van der Waals surface area contributed by atoms with E-state index >= 15 is 0 Å². The highest BCUT2D eigenvalue weighted by Gasteiger charge is 2.52. The van der Waals surface area contributed by atoms with E-state index in [1.165, 1.54) is 7.11 Å². The number of nitrogens with zero attached hydrogens (tertiary/aromatic N) is 3. The van der Waals surface area contributed by atoms with Gasteiger partial charge in [0.15, 0.2) is 6.29 Å². The molecule has 0 amide bonds. The van der Waals surface area contributed by atoms with Gasteiger partial charge in [0, 0.05) is 18.6 Å². The lowest BCUT2D eigenvalue weighted by atomic mass is 9.97. The van der Waals surface area contributed by atoms with Crippen molar-refractivity contribution in [3.05, 3.63) is 71.1 Å². The molecule has 1 heterocycles. The van der Waals surface area contributed by atoms with Crippen LogP contribution in [0.3, 0.4) is 0 Å². The van der Waals surface area contributed by atoms with Gasteiger partial charge >= 0.3 is 0 Å². The summed E-state index contributed by atoms with van der Waals surface area (Å²) in [5.41, 5.74) is 8.97. The smallest absolute Gasteiger partial charge is 0.261 e. The third-order valence-electron chi connectivity index (χ3n) is 6.31. The van der Waals surface area contributed by atoms with E-state index in [9.17, 15) is 5.11 Å². The summed E-state index contributed by atoms with van der Waals surface area (Å²) >= 11 is 0. The quantitative estimate of drug-likeness (QED) is 0.254. The van der Waals surface area contributed by atoms with Crippen molar-refractivity contribution in [3.8, 4) is 0 Å². The summed E-state index contributed by atoms with van der Waals surface area (Å²) in [6.45, 7) is 8.93. The van der Waals surface area contributed by atoms with Gasteiger partial charge in [-0.3, -0.25) is 0 Å². The first-order valence-electron chi connectivity index (χ1n) is 11.6. The van der Waals surface area contributed by atoms with Crippen molar-refractivity contribution in [2.75, 3.05) is 20.3 Å². The Balaban J connectivity index is 2.01. The highest BCUT2D eigenvalue weighted by Crippen LogP contribution is 2.37. The predicted molar refractivity (Wildman–Crippen MR) is 134 cm³/mol. The van der Waals surface area contributed by atoms with Gasteiger partial charge in [-0.15, -0.1) is 0 Å². The van der Waals surface area contributed by atoms with Crippen LogP contribution in [0.2, 0.25) is 5.04 Å². The third-order valence-corrected chi connectivity index (χ3v) is 11.3. The van der Waals surface area contributed by atoms with Gasteiger partial charge in [0.05, 0.1) is 12.7 Å². The Morgan fingerprint density at radius 3 is 2.06 bits per heavy atom. The second-order valence-corrected chi connectivity index (χ2v) is 13.7. The van der Waals surface area contributed by atoms with Crippen molar-refractivity contribution in [1.82, 2.24) is 0 Å². The molecule has 0 saturated carbocycles. The van der Waals surface area contributed by atoms with E-state index in [1.807, 2.05) is 43.3 Å². The first-order valence-corrected chi connectivity index (χ1v) is 13.5. The second-order valence-electron chi connectivity index (χ2n) is 9.36. The molecule has 0 spiro atoms. The molecule has 5 atom stereocenters. The van der Waals surface area contributed by atoms with E-state index in [-0.39, 0.29) is 11.6 Å². The number of rotatable bonds is 9. The number of hydrogen-bond acceptors (Lipinski definition) is 6. The fourth-order valence-corrected chi connectivity index (χ4v) is 9.35.